The summed E-state index contributed by atoms with van der Waals surface area (Å²) in [5, 5.41) is 13.9. The van der Waals surface area contributed by atoms with E-state index in [0.717, 1.165) is 55.5 Å². The third-order valence-electron chi connectivity index (χ3n) is 4.07. The smallest absolute Gasteiger partial charge is 0.269 e. The van der Waals surface area contributed by atoms with Gasteiger partial charge in [-0.25, -0.2) is 4.98 Å². The van der Waals surface area contributed by atoms with Crippen molar-refractivity contribution in [3.8, 4) is 0 Å². The molecule has 7 heteroatoms. The number of piperazine rings is 1. The minimum absolute atomic E-state index is 0.150. The molecule has 122 valence electrons. The Balaban J connectivity index is 1.48. The molecule has 1 aliphatic rings. The van der Waals surface area contributed by atoms with Gasteiger partial charge in [-0.2, -0.15) is 0 Å². The van der Waals surface area contributed by atoms with Crippen molar-refractivity contribution in [3.05, 3.63) is 56.0 Å². The van der Waals surface area contributed by atoms with E-state index < -0.39 is 0 Å². The Morgan fingerprint density at radius 2 is 1.74 bits per heavy atom. The Labute approximate surface area is 139 Å². The molecule has 1 aliphatic heterocycles. The number of hydrogen-bond acceptors (Lipinski definition) is 6. The normalized spacial score (nSPS) is 16.6. The van der Waals surface area contributed by atoms with Crippen LogP contribution >= 0.6 is 11.3 Å². The number of thiazole rings is 1. The zero-order valence-electron chi connectivity index (χ0n) is 13.1. The molecule has 0 N–H and O–H groups in total. The molecule has 0 saturated carbocycles. The number of benzene rings is 1. The number of non-ortho nitro benzene ring substituents is 1. The third kappa shape index (κ3) is 4.34. The van der Waals surface area contributed by atoms with E-state index in [0.29, 0.717) is 0 Å². The number of nitrogens with zero attached hydrogens (tertiary/aromatic N) is 4. The molecule has 1 fully saturated rings. The van der Waals surface area contributed by atoms with Crippen LogP contribution in [0.15, 0.2) is 29.6 Å². The van der Waals surface area contributed by atoms with Gasteiger partial charge in [-0.05, 0) is 12.5 Å². The summed E-state index contributed by atoms with van der Waals surface area (Å²) >= 11 is 1.70. The fraction of sp³-hybridized carbons (Fsp3) is 0.438. The quantitative estimate of drug-likeness (QED) is 0.622. The van der Waals surface area contributed by atoms with Crippen LogP contribution < -0.4 is 0 Å². The van der Waals surface area contributed by atoms with E-state index in [-0.39, 0.29) is 10.6 Å². The molecule has 2 heterocycles. The first-order valence-electron chi connectivity index (χ1n) is 7.69. The maximum atomic E-state index is 10.7. The Morgan fingerprint density at radius 3 is 2.26 bits per heavy atom. The monoisotopic (exact) mass is 332 g/mol. The van der Waals surface area contributed by atoms with Gasteiger partial charge in [0.15, 0.2) is 0 Å². The number of hydrogen-bond donors (Lipinski definition) is 0. The van der Waals surface area contributed by atoms with Crippen LogP contribution in [0, 0.1) is 17.0 Å². The first kappa shape index (κ1) is 16.0. The predicted molar refractivity (Wildman–Crippen MR) is 90.5 cm³/mol. The van der Waals surface area contributed by atoms with Gasteiger partial charge in [0.2, 0.25) is 0 Å². The topological polar surface area (TPSA) is 62.5 Å². The van der Waals surface area contributed by atoms with Gasteiger partial charge in [-0.3, -0.25) is 19.9 Å². The van der Waals surface area contributed by atoms with Crippen molar-refractivity contribution in [2.75, 3.05) is 26.2 Å². The summed E-state index contributed by atoms with van der Waals surface area (Å²) in [4.78, 5) is 19.7. The van der Waals surface area contributed by atoms with Crippen LogP contribution in [0.1, 0.15) is 16.3 Å². The highest BCUT2D eigenvalue weighted by molar-refractivity contribution is 7.09. The van der Waals surface area contributed by atoms with E-state index in [1.807, 2.05) is 19.1 Å². The second-order valence-electron chi connectivity index (χ2n) is 5.83. The lowest BCUT2D eigenvalue weighted by molar-refractivity contribution is -0.384. The standard InChI is InChI=1S/C16H20N4O2S/c1-13-17-15(12-23-13)11-19-8-6-18(7-9-19)10-14-2-4-16(5-3-14)20(21)22/h2-5,12H,6-11H2,1H3. The van der Waals surface area contributed by atoms with Crippen molar-refractivity contribution in [1.29, 1.82) is 0 Å². The second-order valence-corrected chi connectivity index (χ2v) is 6.90. The molecule has 0 unspecified atom stereocenters. The third-order valence-corrected chi connectivity index (χ3v) is 4.89. The molecule has 23 heavy (non-hydrogen) atoms. The zero-order chi connectivity index (χ0) is 16.2. The molecular formula is C16H20N4O2S. The highest BCUT2D eigenvalue weighted by atomic mass is 32.1. The van der Waals surface area contributed by atoms with Crippen LogP contribution in [-0.2, 0) is 13.1 Å². The van der Waals surface area contributed by atoms with Crippen LogP contribution in [0.4, 0.5) is 5.69 Å². The maximum absolute atomic E-state index is 10.7. The summed E-state index contributed by atoms with van der Waals surface area (Å²) in [5.74, 6) is 0. The van der Waals surface area contributed by atoms with Crippen molar-refractivity contribution in [2.45, 2.75) is 20.0 Å². The Morgan fingerprint density at radius 1 is 1.13 bits per heavy atom. The van der Waals surface area contributed by atoms with E-state index >= 15 is 0 Å². The highest BCUT2D eigenvalue weighted by Gasteiger charge is 2.18. The second kappa shape index (κ2) is 7.16. The molecule has 2 aromatic rings. The molecule has 0 atom stereocenters. The van der Waals surface area contributed by atoms with Crippen molar-refractivity contribution in [1.82, 2.24) is 14.8 Å². The lowest BCUT2D eigenvalue weighted by atomic mass is 10.2. The summed E-state index contributed by atoms with van der Waals surface area (Å²) in [6.07, 6.45) is 0. The van der Waals surface area contributed by atoms with Crippen LogP contribution in [0.25, 0.3) is 0 Å². The lowest BCUT2D eigenvalue weighted by Gasteiger charge is -2.34. The van der Waals surface area contributed by atoms with Crippen LogP contribution in [0.2, 0.25) is 0 Å². The fourth-order valence-electron chi connectivity index (χ4n) is 2.80. The molecule has 0 bridgehead atoms. The Kier molecular flexibility index (Phi) is 5.00. The van der Waals surface area contributed by atoms with E-state index in [1.165, 1.54) is 0 Å². The number of nitro benzene ring substituents is 1. The molecule has 0 aliphatic carbocycles. The van der Waals surface area contributed by atoms with Crippen LogP contribution in [-0.4, -0.2) is 45.9 Å². The van der Waals surface area contributed by atoms with Crippen molar-refractivity contribution in [3.63, 3.8) is 0 Å². The molecular weight excluding hydrogens is 312 g/mol. The van der Waals surface area contributed by atoms with Crippen molar-refractivity contribution < 1.29 is 4.92 Å². The largest absolute Gasteiger partial charge is 0.297 e. The average molecular weight is 332 g/mol. The summed E-state index contributed by atoms with van der Waals surface area (Å²) in [5.41, 5.74) is 2.44. The van der Waals surface area contributed by atoms with Gasteiger partial charge in [0.05, 0.1) is 15.6 Å². The lowest BCUT2D eigenvalue weighted by Crippen LogP contribution is -2.45. The van der Waals surface area contributed by atoms with Gasteiger partial charge in [0.1, 0.15) is 0 Å². The highest BCUT2D eigenvalue weighted by Crippen LogP contribution is 2.16. The fourth-order valence-corrected chi connectivity index (χ4v) is 3.40. The summed E-state index contributed by atoms with van der Waals surface area (Å²) in [6.45, 7) is 7.90. The van der Waals surface area contributed by atoms with E-state index in [2.05, 4.69) is 20.2 Å². The average Bonchev–Trinajstić information content (AvgIpc) is 2.95. The molecule has 0 spiro atoms. The van der Waals surface area contributed by atoms with Gasteiger partial charge >= 0.3 is 0 Å². The maximum Gasteiger partial charge on any atom is 0.269 e. The van der Waals surface area contributed by atoms with Crippen molar-refractivity contribution in [2.24, 2.45) is 0 Å². The van der Waals surface area contributed by atoms with E-state index in [4.69, 9.17) is 0 Å². The molecule has 6 nitrogen and oxygen atoms in total. The molecule has 1 aromatic heterocycles. The predicted octanol–water partition coefficient (Wildman–Crippen LogP) is 2.68. The zero-order valence-corrected chi connectivity index (χ0v) is 14.0. The first-order valence-corrected chi connectivity index (χ1v) is 8.57. The Bertz CT molecular complexity index is 663. The van der Waals surface area contributed by atoms with Gasteiger partial charge in [0, 0.05) is 56.8 Å². The van der Waals surface area contributed by atoms with Gasteiger partial charge in [0.25, 0.3) is 5.69 Å². The van der Waals surface area contributed by atoms with Crippen LogP contribution in [0.5, 0.6) is 0 Å². The Hall–Kier alpha value is -1.83. The summed E-state index contributed by atoms with van der Waals surface area (Å²) in [6, 6.07) is 6.86. The molecule has 0 radical (unpaired) electrons. The molecule has 3 rings (SSSR count). The number of nitro groups is 1. The summed E-state index contributed by atoms with van der Waals surface area (Å²) in [7, 11) is 0. The number of aromatic nitrogens is 1. The van der Waals surface area contributed by atoms with E-state index in [9.17, 15) is 10.1 Å². The van der Waals surface area contributed by atoms with E-state index in [1.54, 1.807) is 23.5 Å². The molecule has 1 saturated heterocycles. The molecule has 0 amide bonds. The minimum atomic E-state index is -0.358. The van der Waals surface area contributed by atoms with Crippen LogP contribution in [0.3, 0.4) is 0 Å². The van der Waals surface area contributed by atoms with Crippen molar-refractivity contribution >= 4 is 17.0 Å². The first-order chi connectivity index (χ1) is 11.1. The van der Waals surface area contributed by atoms with Gasteiger partial charge < -0.3 is 0 Å². The molecule has 1 aromatic carbocycles. The SMILES string of the molecule is Cc1nc(CN2CCN(Cc3ccc([N+](=O)[O-])cc3)CC2)cs1. The number of aryl methyl sites for hydroxylation is 1. The van der Waals surface area contributed by atoms with Gasteiger partial charge in [-0.1, -0.05) is 12.1 Å². The number of rotatable bonds is 5. The summed E-state index contributed by atoms with van der Waals surface area (Å²) < 4.78 is 0. The van der Waals surface area contributed by atoms with Gasteiger partial charge in [-0.15, -0.1) is 11.3 Å². The minimum Gasteiger partial charge on any atom is -0.297 e.